The summed E-state index contributed by atoms with van der Waals surface area (Å²) in [5.74, 6) is 4.39. The molecule has 2 aromatic carbocycles. The molecule has 0 N–H and O–H groups in total. The molecule has 263 valence electrons. The Morgan fingerprint density at radius 2 is 0.935 bits per heavy atom. The number of halogens is 4. The molecule has 0 aliphatic heterocycles. The summed E-state index contributed by atoms with van der Waals surface area (Å²) in [6.07, 6.45) is 3.40. The van der Waals surface area contributed by atoms with Crippen LogP contribution < -0.4 is 0 Å². The van der Waals surface area contributed by atoms with Gasteiger partial charge in [-0.1, -0.05) is 146 Å². The Bertz CT molecular complexity index is 1020. The molecule has 0 spiro atoms. The van der Waals surface area contributed by atoms with Gasteiger partial charge < -0.3 is 7.43 Å². The van der Waals surface area contributed by atoms with Crippen LogP contribution in [0.4, 0.5) is 17.6 Å². The molecule has 0 aromatic heterocycles. The smallest absolute Gasteiger partial charge is 0.308 e. The molecule has 0 saturated heterocycles. The number of benzene rings is 2. The third-order valence-electron chi connectivity index (χ3n) is 5.73. The molecule has 2 aromatic rings. The van der Waals surface area contributed by atoms with Gasteiger partial charge in [-0.05, 0) is 72.1 Å². The maximum atomic E-state index is 13.0. The van der Waals surface area contributed by atoms with Gasteiger partial charge >= 0.3 is 11.8 Å². The Morgan fingerprint density at radius 1 is 0.674 bits per heavy atom. The minimum absolute atomic E-state index is 0. The molecule has 0 amide bonds. The van der Waals surface area contributed by atoms with E-state index in [4.69, 9.17) is 0 Å². The standard InChI is InChI=1S/2C12H10F2.C6H14.C4H10.2C2H6.2CH4.CH3.Y/c2*13-12(14)8-3-6-10-4-1-2-5-11(10)7-9-12;1-5-6(2,3)4;1-4(2)3;2*1-2;;;;/h2*1-2,4-5H,3,6,8H2;5H2,1-4H3;4H,1-3H3;2*1-2H3;2*1H4;1H3;/q;;;;;;;;-1;. The van der Waals surface area contributed by atoms with Crippen molar-refractivity contribution in [2.75, 3.05) is 0 Å². The first-order valence-corrected chi connectivity index (χ1v) is 15.6. The SMILES string of the molecule is C.C.CC.CC.CC(C)C.CCC(C)(C)C.FC1(F)C#Cc2ccccc2CCC1.FC1(F)C#Cc2ccccc2CCC1.[CH3-].[Y]. The average Bonchev–Trinajstić information content (AvgIpc) is 2.92. The second-order valence-electron chi connectivity index (χ2n) is 11.6. The molecule has 2 aliphatic rings. The maximum absolute atomic E-state index is 13.0. The van der Waals surface area contributed by atoms with Crippen molar-refractivity contribution in [1.29, 1.82) is 0 Å². The van der Waals surface area contributed by atoms with Crippen LogP contribution >= 0.6 is 0 Å². The van der Waals surface area contributed by atoms with Crippen molar-refractivity contribution in [3.05, 3.63) is 78.2 Å². The molecule has 0 atom stereocenters. The minimum atomic E-state index is -2.81. The molecule has 0 saturated carbocycles. The summed E-state index contributed by atoms with van der Waals surface area (Å²) in [6, 6.07) is 15.0. The van der Waals surface area contributed by atoms with Gasteiger partial charge in [-0.25, -0.2) is 0 Å². The first-order chi connectivity index (χ1) is 19.6. The van der Waals surface area contributed by atoms with Crippen molar-refractivity contribution in [1.82, 2.24) is 0 Å². The van der Waals surface area contributed by atoms with Crippen LogP contribution in [0.1, 0.15) is 145 Å². The largest absolute Gasteiger partial charge is 0.358 e. The van der Waals surface area contributed by atoms with Gasteiger partial charge in [0.25, 0.3) is 0 Å². The van der Waals surface area contributed by atoms with E-state index < -0.39 is 11.8 Å². The quantitative estimate of drug-likeness (QED) is 0.144. The van der Waals surface area contributed by atoms with E-state index in [1.54, 1.807) is 12.1 Å². The summed E-state index contributed by atoms with van der Waals surface area (Å²) >= 11 is 0. The molecule has 46 heavy (non-hydrogen) atoms. The summed E-state index contributed by atoms with van der Waals surface area (Å²) in [7, 11) is 0. The van der Waals surface area contributed by atoms with Crippen LogP contribution in [0.25, 0.3) is 0 Å². The first-order valence-electron chi connectivity index (χ1n) is 15.6. The van der Waals surface area contributed by atoms with Gasteiger partial charge in [-0.3, -0.25) is 0 Å². The van der Waals surface area contributed by atoms with E-state index in [2.05, 4.69) is 60.3 Å². The Kier molecular flexibility index (Phi) is 37.8. The fourth-order valence-electron chi connectivity index (χ4n) is 3.16. The predicted molar refractivity (Wildman–Crippen MR) is 195 cm³/mol. The van der Waals surface area contributed by atoms with Crippen molar-refractivity contribution < 1.29 is 50.3 Å². The second-order valence-corrected chi connectivity index (χ2v) is 11.6. The predicted octanol–water partition coefficient (Wildman–Crippen LogP) is 13.9. The molecule has 0 heterocycles. The molecule has 0 fully saturated rings. The summed E-state index contributed by atoms with van der Waals surface area (Å²) in [4.78, 5) is 0. The Labute approximate surface area is 309 Å². The zero-order valence-electron chi connectivity index (χ0n) is 29.7. The number of aryl methyl sites for hydroxylation is 2. The van der Waals surface area contributed by atoms with E-state index in [1.165, 1.54) is 6.42 Å². The van der Waals surface area contributed by atoms with E-state index >= 15 is 0 Å². The summed E-state index contributed by atoms with van der Waals surface area (Å²) in [6.45, 7) is 23.4. The number of hydrogen-bond acceptors (Lipinski definition) is 0. The maximum Gasteiger partial charge on any atom is 0.308 e. The van der Waals surface area contributed by atoms with Crippen molar-refractivity contribution in [2.24, 2.45) is 11.3 Å². The summed E-state index contributed by atoms with van der Waals surface area (Å²) < 4.78 is 51.9. The molecule has 2 aliphatic carbocycles. The van der Waals surface area contributed by atoms with Gasteiger partial charge in [-0.15, -0.1) is 0 Å². The third kappa shape index (κ3) is 29.8. The molecule has 4 rings (SSSR count). The zero-order chi connectivity index (χ0) is 32.8. The van der Waals surface area contributed by atoms with Crippen LogP contribution in [0, 0.1) is 42.4 Å². The molecule has 0 unspecified atom stereocenters. The summed E-state index contributed by atoms with van der Waals surface area (Å²) in [5, 5.41) is 0. The average molecular weight is 725 g/mol. The van der Waals surface area contributed by atoms with E-state index in [0.29, 0.717) is 31.1 Å². The molecule has 0 bridgehead atoms. The van der Waals surface area contributed by atoms with Gasteiger partial charge in [0.2, 0.25) is 0 Å². The summed E-state index contributed by atoms with van der Waals surface area (Å²) in [5.41, 5.74) is 4.18. The van der Waals surface area contributed by atoms with Gasteiger partial charge in [0.1, 0.15) is 0 Å². The van der Waals surface area contributed by atoms with E-state index in [0.717, 1.165) is 28.2 Å². The van der Waals surface area contributed by atoms with Gasteiger partial charge in [0.05, 0.1) is 0 Å². The number of fused-ring (bicyclic) bond motifs is 2. The fraction of sp³-hybridized carbons (Fsp3) is 0.585. The van der Waals surface area contributed by atoms with Crippen molar-refractivity contribution in [3.63, 3.8) is 0 Å². The molecular formula is C41H67F4Y-. The Hall–Kier alpha value is -1.62. The van der Waals surface area contributed by atoms with Crippen LogP contribution in [-0.4, -0.2) is 11.8 Å². The third-order valence-corrected chi connectivity index (χ3v) is 5.73. The van der Waals surface area contributed by atoms with Gasteiger partial charge in [-0.2, -0.15) is 17.6 Å². The molecule has 0 nitrogen and oxygen atoms in total. The van der Waals surface area contributed by atoms with Crippen molar-refractivity contribution in [2.45, 2.75) is 148 Å². The topological polar surface area (TPSA) is 0 Å². The van der Waals surface area contributed by atoms with Crippen LogP contribution in [0.2, 0.25) is 0 Å². The molecule has 1 radical (unpaired) electrons. The van der Waals surface area contributed by atoms with Gasteiger partial charge in [0.15, 0.2) is 0 Å². The first kappa shape index (κ1) is 56.7. The number of hydrogen-bond donors (Lipinski definition) is 0. The molecular weight excluding hydrogens is 657 g/mol. The molecule has 5 heteroatoms. The Balaban J connectivity index is -0.000000118. The zero-order valence-corrected chi connectivity index (χ0v) is 32.6. The Morgan fingerprint density at radius 3 is 1.20 bits per heavy atom. The number of alkyl halides is 4. The van der Waals surface area contributed by atoms with Gasteiger partial charge in [0, 0.05) is 56.7 Å². The van der Waals surface area contributed by atoms with E-state index in [9.17, 15) is 17.6 Å². The normalized spacial score (nSPS) is 13.8. The minimum Gasteiger partial charge on any atom is -0.358 e. The van der Waals surface area contributed by atoms with E-state index in [-0.39, 0.29) is 67.8 Å². The van der Waals surface area contributed by atoms with Crippen LogP contribution in [0.3, 0.4) is 0 Å². The van der Waals surface area contributed by atoms with Crippen molar-refractivity contribution in [3.8, 4) is 23.7 Å². The number of rotatable bonds is 0. The van der Waals surface area contributed by atoms with Crippen LogP contribution in [0.15, 0.2) is 48.5 Å². The second kappa shape index (κ2) is 30.7. The fourth-order valence-corrected chi connectivity index (χ4v) is 3.16. The van der Waals surface area contributed by atoms with Crippen LogP contribution in [-0.2, 0) is 45.6 Å². The van der Waals surface area contributed by atoms with Crippen LogP contribution in [0.5, 0.6) is 0 Å². The van der Waals surface area contributed by atoms with Crippen molar-refractivity contribution >= 4 is 0 Å². The monoisotopic (exact) mass is 724 g/mol. The van der Waals surface area contributed by atoms with E-state index in [1.807, 2.05) is 75.9 Å².